The summed E-state index contributed by atoms with van der Waals surface area (Å²) in [7, 11) is 0. The molecule has 84 valence electrons. The van der Waals surface area contributed by atoms with Crippen molar-refractivity contribution >= 4 is 0 Å². The van der Waals surface area contributed by atoms with Crippen LogP contribution in [0.2, 0.25) is 0 Å². The first-order valence-electron chi connectivity index (χ1n) is 7.01. The van der Waals surface area contributed by atoms with Crippen LogP contribution >= 0.6 is 0 Å². The van der Waals surface area contributed by atoms with Crippen LogP contribution in [0.5, 0.6) is 0 Å². The summed E-state index contributed by atoms with van der Waals surface area (Å²) >= 11 is 0. The molecule has 1 nitrogen and oxygen atoms in total. The van der Waals surface area contributed by atoms with Crippen LogP contribution in [0.4, 0.5) is 0 Å². The summed E-state index contributed by atoms with van der Waals surface area (Å²) in [6, 6.07) is 0. The molecule has 1 aliphatic heterocycles. The van der Waals surface area contributed by atoms with Gasteiger partial charge < -0.3 is 4.90 Å². The zero-order valence-corrected chi connectivity index (χ0v) is 9.91. The van der Waals surface area contributed by atoms with Gasteiger partial charge in [-0.1, -0.05) is 6.92 Å². The highest BCUT2D eigenvalue weighted by Crippen LogP contribution is 2.65. The van der Waals surface area contributed by atoms with E-state index in [2.05, 4.69) is 11.8 Å². The Morgan fingerprint density at radius 1 is 1.13 bits per heavy atom. The molecule has 1 saturated heterocycles. The van der Waals surface area contributed by atoms with Crippen LogP contribution in [0.15, 0.2) is 0 Å². The normalized spacial score (nSPS) is 57.4. The highest BCUT2D eigenvalue weighted by molar-refractivity contribution is 5.10. The van der Waals surface area contributed by atoms with E-state index in [0.717, 1.165) is 29.1 Å². The van der Waals surface area contributed by atoms with Crippen LogP contribution < -0.4 is 0 Å². The lowest BCUT2D eigenvalue weighted by molar-refractivity contribution is -0.0808. The van der Waals surface area contributed by atoms with E-state index >= 15 is 0 Å². The molecule has 4 aliphatic carbocycles. The predicted octanol–water partition coefficient (Wildman–Crippen LogP) is 2.76. The van der Waals surface area contributed by atoms with Crippen molar-refractivity contribution in [1.82, 2.24) is 4.90 Å². The summed E-state index contributed by atoms with van der Waals surface area (Å²) < 4.78 is 0. The Morgan fingerprint density at radius 2 is 1.87 bits per heavy atom. The van der Waals surface area contributed by atoms with Crippen molar-refractivity contribution in [2.45, 2.75) is 39.0 Å². The minimum Gasteiger partial charge on any atom is -0.303 e. The Balaban J connectivity index is 1.70. The van der Waals surface area contributed by atoms with Crippen molar-refractivity contribution in [3.63, 3.8) is 0 Å². The van der Waals surface area contributed by atoms with Crippen molar-refractivity contribution in [2.75, 3.05) is 19.6 Å². The number of nitrogens with zero attached hydrogens (tertiary/aromatic N) is 1. The van der Waals surface area contributed by atoms with Gasteiger partial charge in [-0.3, -0.25) is 0 Å². The van der Waals surface area contributed by atoms with Crippen molar-refractivity contribution < 1.29 is 0 Å². The second-order valence-electron chi connectivity index (χ2n) is 6.90. The third kappa shape index (κ3) is 1.08. The van der Waals surface area contributed by atoms with Gasteiger partial charge in [0.2, 0.25) is 0 Å². The first kappa shape index (κ1) is 9.04. The molecule has 4 bridgehead atoms. The molecule has 5 fully saturated rings. The zero-order valence-electron chi connectivity index (χ0n) is 9.91. The van der Waals surface area contributed by atoms with Gasteiger partial charge in [-0.05, 0) is 67.7 Å². The van der Waals surface area contributed by atoms with Crippen LogP contribution in [-0.4, -0.2) is 24.5 Å². The Bertz CT molecular complexity index is 271. The van der Waals surface area contributed by atoms with Gasteiger partial charge >= 0.3 is 0 Å². The van der Waals surface area contributed by atoms with Gasteiger partial charge in [0.25, 0.3) is 0 Å². The highest BCUT2D eigenvalue weighted by atomic mass is 15.2. The fraction of sp³-hybridized carbons (Fsp3) is 1.00. The maximum absolute atomic E-state index is 2.74. The molecule has 15 heavy (non-hydrogen) atoms. The summed E-state index contributed by atoms with van der Waals surface area (Å²) in [5, 5.41) is 0. The van der Waals surface area contributed by atoms with Crippen LogP contribution in [0.3, 0.4) is 0 Å². The van der Waals surface area contributed by atoms with E-state index in [1.807, 2.05) is 0 Å². The average Bonchev–Trinajstić information content (AvgIpc) is 2.55. The number of rotatable bonds is 1. The van der Waals surface area contributed by atoms with E-state index in [1.165, 1.54) is 19.6 Å². The molecule has 0 N–H and O–H groups in total. The largest absolute Gasteiger partial charge is 0.303 e. The fourth-order valence-electron chi connectivity index (χ4n) is 5.93. The van der Waals surface area contributed by atoms with Crippen molar-refractivity contribution in [3.8, 4) is 0 Å². The van der Waals surface area contributed by atoms with E-state index < -0.39 is 0 Å². The smallest absolute Gasteiger partial charge is 0.00414 e. The summed E-state index contributed by atoms with van der Waals surface area (Å²) in [6.45, 7) is 6.54. The zero-order chi connectivity index (χ0) is 10.0. The molecule has 0 amide bonds. The van der Waals surface area contributed by atoms with Crippen molar-refractivity contribution in [2.24, 2.45) is 29.1 Å². The van der Waals surface area contributed by atoms with Crippen molar-refractivity contribution in [1.29, 1.82) is 0 Å². The molecule has 1 heterocycles. The Hall–Kier alpha value is -0.0400. The van der Waals surface area contributed by atoms with E-state index in [-0.39, 0.29) is 0 Å². The monoisotopic (exact) mass is 205 g/mol. The lowest BCUT2D eigenvalue weighted by atomic mass is 9.46. The van der Waals surface area contributed by atoms with E-state index in [1.54, 1.807) is 32.1 Å². The molecule has 1 heteroatoms. The van der Waals surface area contributed by atoms with Crippen LogP contribution in [0.1, 0.15) is 39.0 Å². The Kier molecular flexibility index (Phi) is 1.68. The summed E-state index contributed by atoms with van der Waals surface area (Å²) in [5.41, 5.74) is 0.810. The maximum Gasteiger partial charge on any atom is 0.00414 e. The van der Waals surface area contributed by atoms with E-state index in [9.17, 15) is 0 Å². The predicted molar refractivity (Wildman–Crippen MR) is 61.6 cm³/mol. The highest BCUT2D eigenvalue weighted by Gasteiger charge is 2.59. The lowest BCUT2D eigenvalue weighted by Gasteiger charge is -2.58. The molecule has 3 atom stereocenters. The second-order valence-corrected chi connectivity index (χ2v) is 6.90. The molecule has 0 aromatic rings. The third-order valence-electron chi connectivity index (χ3n) is 6.13. The minimum absolute atomic E-state index is 0.810. The third-order valence-corrected chi connectivity index (χ3v) is 6.13. The molecule has 1 spiro atoms. The molecule has 4 saturated carbocycles. The molecule has 0 aromatic carbocycles. The minimum atomic E-state index is 0.810. The van der Waals surface area contributed by atoms with Crippen LogP contribution in [0.25, 0.3) is 0 Å². The summed E-state index contributed by atoms with van der Waals surface area (Å²) in [4.78, 5) is 2.74. The Morgan fingerprint density at radius 3 is 2.53 bits per heavy atom. The van der Waals surface area contributed by atoms with Crippen LogP contribution in [-0.2, 0) is 0 Å². The van der Waals surface area contributed by atoms with E-state index in [0.29, 0.717) is 0 Å². The van der Waals surface area contributed by atoms with Crippen molar-refractivity contribution in [3.05, 3.63) is 0 Å². The quantitative estimate of drug-likeness (QED) is 0.636. The molecule has 5 aliphatic rings. The Labute approximate surface area is 93.2 Å². The topological polar surface area (TPSA) is 3.24 Å². The SMILES string of the molecule is CCN1CC2C3CC4CC(C3)CC2(C4)C1. The standard InChI is InChI=1S/C14H23N/c1-2-15-8-13-12-4-10-3-11(5-12)7-14(13,6-10)9-15/h10-13H,2-9H2,1H3. The van der Waals surface area contributed by atoms with Gasteiger partial charge in [-0.25, -0.2) is 0 Å². The first-order valence-corrected chi connectivity index (χ1v) is 7.01. The molecule has 0 aromatic heterocycles. The molecule has 5 rings (SSSR count). The number of hydrogen-bond donors (Lipinski definition) is 0. The van der Waals surface area contributed by atoms with Gasteiger partial charge in [0.1, 0.15) is 0 Å². The van der Waals surface area contributed by atoms with Gasteiger partial charge in [0.15, 0.2) is 0 Å². The molecule has 3 unspecified atom stereocenters. The number of likely N-dealkylation sites (tertiary alicyclic amines) is 1. The molecular weight excluding hydrogens is 182 g/mol. The second kappa shape index (κ2) is 2.80. The van der Waals surface area contributed by atoms with E-state index in [4.69, 9.17) is 0 Å². The molecule has 0 radical (unpaired) electrons. The summed E-state index contributed by atoms with van der Waals surface area (Å²) in [5.74, 6) is 4.50. The van der Waals surface area contributed by atoms with Gasteiger partial charge in [-0.15, -0.1) is 0 Å². The van der Waals surface area contributed by atoms with Gasteiger partial charge in [0.05, 0.1) is 0 Å². The summed E-state index contributed by atoms with van der Waals surface area (Å²) in [6.07, 6.45) is 7.99. The first-order chi connectivity index (χ1) is 7.29. The maximum atomic E-state index is 2.74. The average molecular weight is 205 g/mol. The van der Waals surface area contributed by atoms with Gasteiger partial charge in [0, 0.05) is 13.1 Å². The fourth-order valence-corrected chi connectivity index (χ4v) is 5.93. The molecular formula is C14H23N. The van der Waals surface area contributed by atoms with Crippen LogP contribution in [0, 0.1) is 29.1 Å². The number of hydrogen-bond acceptors (Lipinski definition) is 1. The lowest BCUT2D eigenvalue weighted by Crippen LogP contribution is -2.52. The van der Waals surface area contributed by atoms with Gasteiger partial charge in [-0.2, -0.15) is 0 Å².